The van der Waals surface area contributed by atoms with Crippen molar-refractivity contribution in [1.29, 1.82) is 0 Å². The van der Waals surface area contributed by atoms with Gasteiger partial charge in [0, 0.05) is 12.6 Å². The molecule has 0 spiro atoms. The van der Waals surface area contributed by atoms with Crippen molar-refractivity contribution in [3.63, 3.8) is 0 Å². The Balaban J connectivity index is 1.57. The molecule has 4 rings (SSSR count). The number of carboxylic acids is 1. The van der Waals surface area contributed by atoms with E-state index < -0.39 is 5.97 Å². The molecule has 7 heteroatoms. The number of hydrogen-bond acceptors (Lipinski definition) is 5. The monoisotopic (exact) mass is 366 g/mol. The molecule has 1 aliphatic heterocycles. The van der Waals surface area contributed by atoms with Gasteiger partial charge in [0.15, 0.2) is 0 Å². The van der Waals surface area contributed by atoms with E-state index in [1.807, 2.05) is 29.8 Å². The maximum atomic E-state index is 11.5. The second kappa shape index (κ2) is 7.36. The topological polar surface area (TPSA) is 84.4 Å². The van der Waals surface area contributed by atoms with Crippen LogP contribution in [0.25, 0.3) is 11.3 Å². The predicted molar refractivity (Wildman–Crippen MR) is 99.1 cm³/mol. The van der Waals surface area contributed by atoms with Gasteiger partial charge in [-0.2, -0.15) is 0 Å². The van der Waals surface area contributed by atoms with Crippen LogP contribution in [0.5, 0.6) is 0 Å². The van der Waals surface area contributed by atoms with Crippen molar-refractivity contribution in [2.75, 3.05) is 6.54 Å². The third kappa shape index (κ3) is 3.50. The zero-order valence-corrected chi connectivity index (χ0v) is 15.2. The van der Waals surface area contributed by atoms with Crippen LogP contribution in [0.1, 0.15) is 47.2 Å². The van der Waals surface area contributed by atoms with Crippen molar-refractivity contribution in [2.45, 2.75) is 31.8 Å². The van der Waals surface area contributed by atoms with E-state index >= 15 is 0 Å². The Labute approximate surface area is 157 Å². The number of nitrogens with zero attached hydrogens (tertiary/aromatic N) is 4. The van der Waals surface area contributed by atoms with Crippen LogP contribution in [0.2, 0.25) is 0 Å². The van der Waals surface area contributed by atoms with Crippen LogP contribution in [-0.4, -0.2) is 37.3 Å². The number of aromatic carboxylic acids is 1. The van der Waals surface area contributed by atoms with Gasteiger partial charge in [-0.15, -0.1) is 10.2 Å². The smallest absolute Gasteiger partial charge is 0.336 e. The molecule has 0 bridgehead atoms. The summed E-state index contributed by atoms with van der Waals surface area (Å²) in [5, 5.41) is 17.7. The highest BCUT2D eigenvalue weighted by Crippen LogP contribution is 2.32. The van der Waals surface area contributed by atoms with Crippen LogP contribution in [-0.2, 0) is 13.6 Å². The number of carboxylic acid groups (broad SMARTS) is 1. The summed E-state index contributed by atoms with van der Waals surface area (Å²) in [5.41, 5.74) is 0.841. The molecule has 1 N–H and O–H groups in total. The van der Waals surface area contributed by atoms with Gasteiger partial charge in [0.2, 0.25) is 0 Å². The quantitative estimate of drug-likeness (QED) is 0.744. The Morgan fingerprint density at radius 2 is 2.11 bits per heavy atom. The molecule has 1 fully saturated rings. The normalized spacial score (nSPS) is 17.9. The molecule has 1 aromatic carbocycles. The molecule has 140 valence electrons. The minimum Gasteiger partial charge on any atom is -0.478 e. The molecule has 0 amide bonds. The first-order valence-corrected chi connectivity index (χ1v) is 9.13. The summed E-state index contributed by atoms with van der Waals surface area (Å²) in [7, 11) is 1.97. The zero-order chi connectivity index (χ0) is 18.8. The van der Waals surface area contributed by atoms with E-state index in [2.05, 4.69) is 15.1 Å². The van der Waals surface area contributed by atoms with Gasteiger partial charge in [-0.05, 0) is 37.6 Å². The lowest BCUT2D eigenvalue weighted by atomic mass is 10.0. The second-order valence-electron chi connectivity index (χ2n) is 6.90. The molecule has 1 saturated heterocycles. The fourth-order valence-corrected chi connectivity index (χ4v) is 3.76. The molecule has 2 aromatic heterocycles. The molecule has 27 heavy (non-hydrogen) atoms. The van der Waals surface area contributed by atoms with Crippen molar-refractivity contribution < 1.29 is 14.3 Å². The third-order valence-corrected chi connectivity index (χ3v) is 5.10. The minimum atomic E-state index is -0.957. The maximum absolute atomic E-state index is 11.5. The van der Waals surface area contributed by atoms with E-state index in [0.717, 1.165) is 31.0 Å². The average molecular weight is 366 g/mol. The highest BCUT2D eigenvalue weighted by atomic mass is 16.4. The second-order valence-corrected chi connectivity index (χ2v) is 6.90. The summed E-state index contributed by atoms with van der Waals surface area (Å²) >= 11 is 0. The molecular weight excluding hydrogens is 344 g/mol. The van der Waals surface area contributed by atoms with Crippen LogP contribution in [0.3, 0.4) is 0 Å². The van der Waals surface area contributed by atoms with Gasteiger partial charge in [0.1, 0.15) is 23.7 Å². The summed E-state index contributed by atoms with van der Waals surface area (Å²) < 4.78 is 7.98. The number of aromatic nitrogens is 3. The Morgan fingerprint density at radius 3 is 2.89 bits per heavy atom. The molecule has 3 heterocycles. The van der Waals surface area contributed by atoms with Crippen molar-refractivity contribution in [3.05, 3.63) is 59.9 Å². The van der Waals surface area contributed by atoms with Crippen LogP contribution in [0.4, 0.5) is 0 Å². The van der Waals surface area contributed by atoms with E-state index in [4.69, 9.17) is 4.42 Å². The van der Waals surface area contributed by atoms with Gasteiger partial charge in [-0.25, -0.2) is 4.79 Å². The number of hydrogen-bond donors (Lipinski definition) is 1. The third-order valence-electron chi connectivity index (χ3n) is 5.10. The summed E-state index contributed by atoms with van der Waals surface area (Å²) in [5.74, 6) is 1.41. The number of rotatable bonds is 5. The number of piperidine rings is 1. The van der Waals surface area contributed by atoms with Crippen molar-refractivity contribution in [3.8, 4) is 11.3 Å². The lowest BCUT2D eigenvalue weighted by molar-refractivity contribution is 0.0697. The lowest BCUT2D eigenvalue weighted by Gasteiger charge is -2.34. The van der Waals surface area contributed by atoms with Crippen LogP contribution in [0.15, 0.2) is 47.1 Å². The minimum absolute atomic E-state index is 0.214. The summed E-state index contributed by atoms with van der Waals surface area (Å²) in [6.07, 6.45) is 5.09. The summed E-state index contributed by atoms with van der Waals surface area (Å²) in [6.45, 7) is 1.63. The van der Waals surface area contributed by atoms with Crippen LogP contribution < -0.4 is 0 Å². The summed E-state index contributed by atoms with van der Waals surface area (Å²) in [6, 6.07) is 10.9. The Morgan fingerprint density at radius 1 is 1.26 bits per heavy atom. The maximum Gasteiger partial charge on any atom is 0.336 e. The SMILES string of the molecule is Cn1cnnc1C1CCCCN1Cc1ccc(-c2ccccc2C(=O)O)o1. The lowest BCUT2D eigenvalue weighted by Crippen LogP contribution is -2.34. The average Bonchev–Trinajstić information content (AvgIpc) is 3.31. The van der Waals surface area contributed by atoms with Crippen molar-refractivity contribution in [1.82, 2.24) is 19.7 Å². The number of furan rings is 1. The first-order valence-electron chi connectivity index (χ1n) is 9.13. The van der Waals surface area contributed by atoms with E-state index in [-0.39, 0.29) is 11.6 Å². The van der Waals surface area contributed by atoms with E-state index in [9.17, 15) is 9.90 Å². The Bertz CT molecular complexity index is 946. The molecule has 1 atom stereocenters. The van der Waals surface area contributed by atoms with Crippen molar-refractivity contribution >= 4 is 5.97 Å². The Kier molecular flexibility index (Phi) is 4.77. The van der Waals surface area contributed by atoms with E-state index in [1.165, 1.54) is 6.42 Å². The van der Waals surface area contributed by atoms with Gasteiger partial charge in [-0.1, -0.05) is 24.6 Å². The first-order chi connectivity index (χ1) is 13.1. The summed E-state index contributed by atoms with van der Waals surface area (Å²) in [4.78, 5) is 13.8. The van der Waals surface area contributed by atoms with E-state index in [1.54, 1.807) is 24.5 Å². The van der Waals surface area contributed by atoms with Gasteiger partial charge < -0.3 is 14.1 Å². The number of likely N-dealkylation sites (tertiary alicyclic amines) is 1. The molecule has 7 nitrogen and oxygen atoms in total. The fourth-order valence-electron chi connectivity index (χ4n) is 3.76. The van der Waals surface area contributed by atoms with Crippen LogP contribution in [0, 0.1) is 0 Å². The highest BCUT2D eigenvalue weighted by Gasteiger charge is 2.28. The van der Waals surface area contributed by atoms with Crippen molar-refractivity contribution in [2.24, 2.45) is 7.05 Å². The number of carbonyl (C=O) groups is 1. The van der Waals surface area contributed by atoms with Crippen LogP contribution >= 0.6 is 0 Å². The van der Waals surface area contributed by atoms with E-state index in [0.29, 0.717) is 17.9 Å². The molecule has 1 unspecified atom stereocenters. The molecule has 0 aliphatic carbocycles. The molecule has 3 aromatic rings. The molecule has 1 aliphatic rings. The standard InChI is InChI=1S/C20H22N4O3/c1-23-13-21-22-19(23)17-8-4-5-11-24(17)12-14-9-10-18(27-14)15-6-2-3-7-16(15)20(25)26/h2-3,6-7,9-10,13,17H,4-5,8,11-12H2,1H3,(H,25,26). The Hall–Kier alpha value is -2.93. The molecule has 0 radical (unpaired) electrons. The number of aryl methyl sites for hydroxylation is 1. The molecule has 0 saturated carbocycles. The first kappa shape index (κ1) is 17.5. The zero-order valence-electron chi connectivity index (χ0n) is 15.2. The predicted octanol–water partition coefficient (Wildman–Crippen LogP) is 3.50. The highest BCUT2D eigenvalue weighted by molar-refractivity contribution is 5.95. The van der Waals surface area contributed by atoms with Gasteiger partial charge in [0.05, 0.1) is 18.2 Å². The molecular formula is C20H22N4O3. The van der Waals surface area contributed by atoms with Gasteiger partial charge in [0.25, 0.3) is 0 Å². The van der Waals surface area contributed by atoms with Gasteiger partial charge in [-0.3, -0.25) is 4.90 Å². The number of benzene rings is 1. The van der Waals surface area contributed by atoms with Gasteiger partial charge >= 0.3 is 5.97 Å². The fraction of sp³-hybridized carbons (Fsp3) is 0.350. The largest absolute Gasteiger partial charge is 0.478 e.